The average molecular weight is 246 g/mol. The zero-order valence-electron chi connectivity index (χ0n) is 8.81. The van der Waals surface area contributed by atoms with Gasteiger partial charge in [-0.2, -0.15) is 5.10 Å². The lowest BCUT2D eigenvalue weighted by Gasteiger charge is -2.13. The second-order valence-electron chi connectivity index (χ2n) is 3.49. The maximum Gasteiger partial charge on any atom is 0.275 e. The van der Waals surface area contributed by atoms with Gasteiger partial charge in [0.1, 0.15) is 11.6 Å². The van der Waals surface area contributed by atoms with Crippen LogP contribution in [0.5, 0.6) is 5.88 Å². The fraction of sp³-hybridized carbons (Fsp3) is 0.556. The van der Waals surface area contributed by atoms with E-state index >= 15 is 0 Å². The first-order valence-electron chi connectivity index (χ1n) is 4.90. The van der Waals surface area contributed by atoms with Crippen molar-refractivity contribution >= 4 is 17.5 Å². The van der Waals surface area contributed by atoms with Crippen molar-refractivity contribution in [1.29, 1.82) is 0 Å². The van der Waals surface area contributed by atoms with Gasteiger partial charge in [-0.15, -0.1) is 0 Å². The van der Waals surface area contributed by atoms with E-state index in [4.69, 9.17) is 21.4 Å². The van der Waals surface area contributed by atoms with Crippen molar-refractivity contribution < 1.29 is 14.6 Å². The molecule has 0 fully saturated rings. The number of hydrogen-bond acceptors (Lipinski definition) is 4. The van der Waals surface area contributed by atoms with Crippen molar-refractivity contribution in [3.8, 4) is 5.88 Å². The van der Waals surface area contributed by atoms with Crippen LogP contribution in [0.25, 0.3) is 0 Å². The lowest BCUT2D eigenvalue weighted by atomic mass is 10.3. The third-order valence-corrected chi connectivity index (χ3v) is 2.72. The molecule has 0 saturated heterocycles. The molecule has 7 heteroatoms. The predicted molar refractivity (Wildman–Crippen MR) is 56.8 cm³/mol. The van der Waals surface area contributed by atoms with E-state index in [1.54, 1.807) is 11.7 Å². The first-order valence-corrected chi connectivity index (χ1v) is 5.28. The van der Waals surface area contributed by atoms with Gasteiger partial charge in [-0.05, 0) is 0 Å². The van der Waals surface area contributed by atoms with Gasteiger partial charge >= 0.3 is 0 Å². The lowest BCUT2D eigenvalue weighted by molar-refractivity contribution is 0.0760. The first kappa shape index (κ1) is 11.2. The third kappa shape index (κ3) is 1.74. The number of aliphatic hydroxyl groups is 1. The Morgan fingerprint density at radius 3 is 3.12 bits per heavy atom. The lowest BCUT2D eigenvalue weighted by Crippen LogP contribution is -2.30. The molecule has 1 aliphatic rings. The summed E-state index contributed by atoms with van der Waals surface area (Å²) in [5, 5.41) is 13.1. The summed E-state index contributed by atoms with van der Waals surface area (Å²) in [6, 6.07) is 0. The molecule has 0 unspecified atom stereocenters. The number of rotatable bonds is 3. The standard InChI is InChI=1S/C9H12ClN3O3/c1-12(2-4-14)8(15)7-6(10)9-13(11-7)3-5-16-9/h14H,2-5H2,1H3. The van der Waals surface area contributed by atoms with E-state index in [0.717, 1.165) is 0 Å². The highest BCUT2D eigenvalue weighted by molar-refractivity contribution is 6.34. The number of aliphatic hydroxyl groups excluding tert-OH is 1. The Balaban J connectivity index is 2.24. The smallest absolute Gasteiger partial charge is 0.275 e. The topological polar surface area (TPSA) is 67.6 Å². The Bertz CT molecular complexity index is 418. The fourth-order valence-corrected chi connectivity index (χ4v) is 1.78. The van der Waals surface area contributed by atoms with Crippen molar-refractivity contribution in [2.75, 3.05) is 26.8 Å². The van der Waals surface area contributed by atoms with Crippen molar-refractivity contribution in [2.45, 2.75) is 6.54 Å². The Kier molecular flexibility index (Phi) is 3.02. The molecule has 1 aliphatic heterocycles. The van der Waals surface area contributed by atoms with Crippen LogP contribution >= 0.6 is 11.6 Å². The van der Waals surface area contributed by atoms with E-state index in [0.29, 0.717) is 19.0 Å². The van der Waals surface area contributed by atoms with Crippen molar-refractivity contribution in [3.63, 3.8) is 0 Å². The van der Waals surface area contributed by atoms with Gasteiger partial charge in [0.25, 0.3) is 5.91 Å². The average Bonchev–Trinajstić information content (AvgIpc) is 2.81. The van der Waals surface area contributed by atoms with Crippen LogP contribution in [0.3, 0.4) is 0 Å². The van der Waals surface area contributed by atoms with Crippen molar-refractivity contribution in [1.82, 2.24) is 14.7 Å². The van der Waals surface area contributed by atoms with Crippen LogP contribution in [0.2, 0.25) is 5.02 Å². The third-order valence-electron chi connectivity index (χ3n) is 2.38. The van der Waals surface area contributed by atoms with E-state index < -0.39 is 0 Å². The van der Waals surface area contributed by atoms with Gasteiger partial charge in [-0.25, -0.2) is 4.68 Å². The molecule has 0 radical (unpaired) electrons. The fourth-order valence-electron chi connectivity index (χ4n) is 1.51. The van der Waals surface area contributed by atoms with Crippen molar-refractivity contribution in [2.24, 2.45) is 0 Å². The Morgan fingerprint density at radius 2 is 2.50 bits per heavy atom. The zero-order chi connectivity index (χ0) is 11.7. The molecule has 6 nitrogen and oxygen atoms in total. The minimum atomic E-state index is -0.315. The molecular weight excluding hydrogens is 234 g/mol. The molecule has 0 aliphatic carbocycles. The number of likely N-dealkylation sites (N-methyl/N-ethyl adjacent to an activating group) is 1. The van der Waals surface area contributed by atoms with Gasteiger partial charge < -0.3 is 14.7 Å². The van der Waals surface area contributed by atoms with E-state index in [1.165, 1.54) is 4.90 Å². The van der Waals surface area contributed by atoms with Gasteiger partial charge in [0.2, 0.25) is 5.88 Å². The van der Waals surface area contributed by atoms with E-state index in [-0.39, 0.29) is 29.8 Å². The molecule has 16 heavy (non-hydrogen) atoms. The van der Waals surface area contributed by atoms with Crippen LogP contribution in [0.1, 0.15) is 10.5 Å². The van der Waals surface area contributed by atoms with Gasteiger partial charge in [-0.1, -0.05) is 11.6 Å². The monoisotopic (exact) mass is 245 g/mol. The normalized spacial score (nSPS) is 13.4. The molecule has 2 rings (SSSR count). The molecule has 88 valence electrons. The number of halogens is 1. The second-order valence-corrected chi connectivity index (χ2v) is 3.87. The molecule has 0 atom stereocenters. The summed E-state index contributed by atoms with van der Waals surface area (Å²) in [5.41, 5.74) is 0.173. The van der Waals surface area contributed by atoms with Gasteiger partial charge in [-0.3, -0.25) is 4.79 Å². The maximum absolute atomic E-state index is 11.9. The number of ether oxygens (including phenoxy) is 1. The Labute approximate surface area is 97.4 Å². The molecule has 1 N–H and O–H groups in total. The molecule has 1 amide bonds. The molecule has 0 aromatic carbocycles. The summed E-state index contributed by atoms with van der Waals surface area (Å²) in [6.45, 7) is 1.29. The van der Waals surface area contributed by atoms with Crippen LogP contribution in [-0.4, -0.2) is 52.5 Å². The van der Waals surface area contributed by atoms with Gasteiger partial charge in [0.05, 0.1) is 13.2 Å². The molecule has 1 aromatic heterocycles. The number of hydrogen-bond donors (Lipinski definition) is 1. The molecule has 1 aromatic rings. The SMILES string of the molecule is CN(CCO)C(=O)c1nn2c(c1Cl)OCC2. The van der Waals surface area contributed by atoms with Crippen LogP contribution < -0.4 is 4.74 Å². The summed E-state index contributed by atoms with van der Waals surface area (Å²) in [6.07, 6.45) is 0. The van der Waals surface area contributed by atoms with Crippen LogP contribution in [0, 0.1) is 0 Å². The molecule has 0 saturated carbocycles. The van der Waals surface area contributed by atoms with Crippen molar-refractivity contribution in [3.05, 3.63) is 10.7 Å². The van der Waals surface area contributed by atoms with Gasteiger partial charge in [0, 0.05) is 13.6 Å². The number of amides is 1. The highest BCUT2D eigenvalue weighted by Gasteiger charge is 2.27. The summed E-state index contributed by atoms with van der Waals surface area (Å²) in [4.78, 5) is 13.2. The molecule has 2 heterocycles. The molecule has 0 bridgehead atoms. The van der Waals surface area contributed by atoms with E-state index in [9.17, 15) is 4.79 Å². The van der Waals surface area contributed by atoms with Crippen LogP contribution in [-0.2, 0) is 6.54 Å². The predicted octanol–water partition coefficient (Wildman–Crippen LogP) is -0.00680. The van der Waals surface area contributed by atoms with Crippen LogP contribution in [0.4, 0.5) is 0 Å². The summed E-state index contributed by atoms with van der Waals surface area (Å²) in [5.74, 6) is 0.131. The zero-order valence-corrected chi connectivity index (χ0v) is 9.57. The molecule has 0 spiro atoms. The maximum atomic E-state index is 11.9. The summed E-state index contributed by atoms with van der Waals surface area (Å²) >= 11 is 5.99. The highest BCUT2D eigenvalue weighted by atomic mass is 35.5. The largest absolute Gasteiger partial charge is 0.475 e. The number of carbonyl (C=O) groups is 1. The first-order chi connectivity index (χ1) is 7.65. The quantitative estimate of drug-likeness (QED) is 0.814. The number of nitrogens with zero attached hydrogens (tertiary/aromatic N) is 3. The van der Waals surface area contributed by atoms with E-state index in [1.807, 2.05) is 0 Å². The minimum absolute atomic E-state index is 0.0933. The van der Waals surface area contributed by atoms with E-state index in [2.05, 4.69) is 5.10 Å². The Morgan fingerprint density at radius 1 is 1.75 bits per heavy atom. The Hall–Kier alpha value is -1.27. The summed E-state index contributed by atoms with van der Waals surface area (Å²) < 4.78 is 6.82. The minimum Gasteiger partial charge on any atom is -0.475 e. The second kappa shape index (κ2) is 4.31. The van der Waals surface area contributed by atoms with Gasteiger partial charge in [0.15, 0.2) is 5.69 Å². The number of aromatic nitrogens is 2. The van der Waals surface area contributed by atoms with Crippen LogP contribution in [0.15, 0.2) is 0 Å². The molecular formula is C9H12ClN3O3. The number of carbonyl (C=O) groups excluding carboxylic acids is 1. The highest BCUT2D eigenvalue weighted by Crippen LogP contribution is 2.31. The number of fused-ring (bicyclic) bond motifs is 1. The summed E-state index contributed by atoms with van der Waals surface area (Å²) in [7, 11) is 1.58.